The average molecular weight is 286 g/mol. The van der Waals surface area contributed by atoms with Crippen molar-refractivity contribution in [1.82, 2.24) is 0 Å². The van der Waals surface area contributed by atoms with E-state index in [2.05, 4.69) is 45.9 Å². The van der Waals surface area contributed by atoms with Crippen molar-refractivity contribution >= 4 is 11.8 Å². The molecule has 0 bridgehead atoms. The van der Waals surface area contributed by atoms with Gasteiger partial charge in [-0.3, -0.25) is 0 Å². The molecule has 0 aliphatic rings. The van der Waals surface area contributed by atoms with E-state index >= 15 is 0 Å². The van der Waals surface area contributed by atoms with Crippen LogP contribution in [0, 0.1) is 0 Å². The van der Waals surface area contributed by atoms with E-state index in [1.807, 2.05) is 12.1 Å². The lowest BCUT2D eigenvalue weighted by Crippen LogP contribution is -1.95. The minimum Gasteiger partial charge on any atom is -0.508 e. The van der Waals surface area contributed by atoms with Gasteiger partial charge in [0.1, 0.15) is 5.75 Å². The lowest BCUT2D eigenvalue weighted by Gasteiger charge is -2.15. The SMILES string of the molecule is CC(C)c1ccc(C(C)C)c(Sc2ccc(O)cc2)c1. The molecule has 106 valence electrons. The smallest absolute Gasteiger partial charge is 0.115 e. The predicted octanol–water partition coefficient (Wildman–Crippen LogP) is 5.79. The molecule has 0 saturated carbocycles. The highest BCUT2D eigenvalue weighted by molar-refractivity contribution is 7.99. The van der Waals surface area contributed by atoms with Crippen LogP contribution < -0.4 is 0 Å². The number of rotatable bonds is 4. The van der Waals surface area contributed by atoms with Gasteiger partial charge in [-0.15, -0.1) is 0 Å². The molecule has 0 aliphatic carbocycles. The van der Waals surface area contributed by atoms with Crippen molar-refractivity contribution in [3.8, 4) is 5.75 Å². The first-order chi connectivity index (χ1) is 9.47. The Morgan fingerprint density at radius 3 is 2.05 bits per heavy atom. The maximum absolute atomic E-state index is 9.37. The van der Waals surface area contributed by atoms with E-state index in [0.717, 1.165) is 4.90 Å². The number of aromatic hydroxyl groups is 1. The average Bonchev–Trinajstić information content (AvgIpc) is 2.41. The topological polar surface area (TPSA) is 20.2 Å². The zero-order valence-corrected chi connectivity index (χ0v) is 13.4. The van der Waals surface area contributed by atoms with Gasteiger partial charge in [-0.1, -0.05) is 51.6 Å². The molecule has 2 heteroatoms. The molecule has 0 amide bonds. The van der Waals surface area contributed by atoms with Gasteiger partial charge < -0.3 is 5.11 Å². The van der Waals surface area contributed by atoms with E-state index in [1.165, 1.54) is 16.0 Å². The summed E-state index contributed by atoms with van der Waals surface area (Å²) in [7, 11) is 0. The van der Waals surface area contributed by atoms with Crippen molar-refractivity contribution in [2.75, 3.05) is 0 Å². The van der Waals surface area contributed by atoms with Gasteiger partial charge in [0.2, 0.25) is 0 Å². The van der Waals surface area contributed by atoms with Crippen LogP contribution in [0.3, 0.4) is 0 Å². The predicted molar refractivity (Wildman–Crippen MR) is 86.8 cm³/mol. The molecule has 0 aromatic heterocycles. The van der Waals surface area contributed by atoms with Crippen LogP contribution >= 0.6 is 11.8 Å². The van der Waals surface area contributed by atoms with E-state index in [4.69, 9.17) is 0 Å². The molecule has 2 aromatic carbocycles. The first kappa shape index (κ1) is 15.0. The third-order valence-corrected chi connectivity index (χ3v) is 4.47. The van der Waals surface area contributed by atoms with Gasteiger partial charge in [0.25, 0.3) is 0 Å². The fraction of sp³-hybridized carbons (Fsp3) is 0.333. The largest absolute Gasteiger partial charge is 0.508 e. The second-order valence-corrected chi connectivity index (χ2v) is 6.82. The number of benzene rings is 2. The molecule has 0 fully saturated rings. The summed E-state index contributed by atoms with van der Waals surface area (Å²) in [5.74, 6) is 1.36. The Kier molecular flexibility index (Phi) is 4.77. The summed E-state index contributed by atoms with van der Waals surface area (Å²) in [5.41, 5.74) is 2.75. The normalized spacial score (nSPS) is 11.3. The van der Waals surface area contributed by atoms with Crippen LogP contribution in [0.1, 0.15) is 50.7 Å². The number of hydrogen-bond acceptors (Lipinski definition) is 2. The van der Waals surface area contributed by atoms with Crippen molar-refractivity contribution in [2.24, 2.45) is 0 Å². The summed E-state index contributed by atoms with van der Waals surface area (Å²) >= 11 is 1.77. The van der Waals surface area contributed by atoms with Crippen LogP contribution in [-0.4, -0.2) is 5.11 Å². The lowest BCUT2D eigenvalue weighted by molar-refractivity contribution is 0.475. The molecule has 0 unspecified atom stereocenters. The fourth-order valence-electron chi connectivity index (χ4n) is 2.12. The van der Waals surface area contributed by atoms with Crippen molar-refractivity contribution < 1.29 is 5.11 Å². The Balaban J connectivity index is 2.36. The Morgan fingerprint density at radius 1 is 0.850 bits per heavy atom. The summed E-state index contributed by atoms with van der Waals surface area (Å²) < 4.78 is 0. The third-order valence-electron chi connectivity index (χ3n) is 3.39. The molecule has 2 rings (SSSR count). The fourth-order valence-corrected chi connectivity index (χ4v) is 3.26. The van der Waals surface area contributed by atoms with Gasteiger partial charge in [0.15, 0.2) is 0 Å². The first-order valence-corrected chi connectivity index (χ1v) is 7.89. The molecular formula is C18H22OS. The molecule has 0 spiro atoms. The standard InChI is InChI=1S/C18H22OS/c1-12(2)14-5-10-17(13(3)4)18(11-14)20-16-8-6-15(19)7-9-16/h5-13,19H,1-4H3. The number of phenols is 1. The maximum atomic E-state index is 9.37. The van der Waals surface area contributed by atoms with Crippen LogP contribution in [0.5, 0.6) is 5.75 Å². The van der Waals surface area contributed by atoms with Crippen LogP contribution in [0.25, 0.3) is 0 Å². The minimum absolute atomic E-state index is 0.314. The quantitative estimate of drug-likeness (QED) is 0.767. The van der Waals surface area contributed by atoms with E-state index in [-0.39, 0.29) is 0 Å². The third kappa shape index (κ3) is 3.57. The highest BCUT2D eigenvalue weighted by Crippen LogP contribution is 2.36. The van der Waals surface area contributed by atoms with E-state index in [1.54, 1.807) is 23.9 Å². The van der Waals surface area contributed by atoms with Gasteiger partial charge in [0, 0.05) is 9.79 Å². The Hall–Kier alpha value is -1.41. The van der Waals surface area contributed by atoms with Crippen molar-refractivity contribution in [3.63, 3.8) is 0 Å². The lowest BCUT2D eigenvalue weighted by atomic mass is 9.97. The van der Waals surface area contributed by atoms with Gasteiger partial charge in [-0.25, -0.2) is 0 Å². The summed E-state index contributed by atoms with van der Waals surface area (Å²) in [6.45, 7) is 8.90. The zero-order chi connectivity index (χ0) is 14.7. The molecule has 0 heterocycles. The molecular weight excluding hydrogens is 264 g/mol. The number of phenolic OH excluding ortho intramolecular Hbond substituents is 1. The zero-order valence-electron chi connectivity index (χ0n) is 12.6. The van der Waals surface area contributed by atoms with Crippen molar-refractivity contribution in [1.29, 1.82) is 0 Å². The van der Waals surface area contributed by atoms with Crippen LogP contribution in [0.15, 0.2) is 52.3 Å². The molecule has 20 heavy (non-hydrogen) atoms. The van der Waals surface area contributed by atoms with Crippen LogP contribution in [0.2, 0.25) is 0 Å². The summed E-state index contributed by atoms with van der Waals surface area (Å²) in [4.78, 5) is 2.47. The van der Waals surface area contributed by atoms with E-state index in [9.17, 15) is 5.11 Å². The van der Waals surface area contributed by atoms with Crippen molar-refractivity contribution in [2.45, 2.75) is 49.3 Å². The molecule has 0 saturated heterocycles. The minimum atomic E-state index is 0.314. The molecule has 0 atom stereocenters. The first-order valence-electron chi connectivity index (χ1n) is 7.08. The summed E-state index contributed by atoms with van der Waals surface area (Å²) in [6.07, 6.45) is 0. The summed E-state index contributed by atoms with van der Waals surface area (Å²) in [5, 5.41) is 9.37. The van der Waals surface area contributed by atoms with Gasteiger partial charge in [0.05, 0.1) is 0 Å². The van der Waals surface area contributed by atoms with E-state index < -0.39 is 0 Å². The molecule has 2 aromatic rings. The van der Waals surface area contributed by atoms with E-state index in [0.29, 0.717) is 17.6 Å². The second-order valence-electron chi connectivity index (χ2n) is 5.70. The maximum Gasteiger partial charge on any atom is 0.115 e. The van der Waals surface area contributed by atoms with Crippen LogP contribution in [0.4, 0.5) is 0 Å². The van der Waals surface area contributed by atoms with Crippen molar-refractivity contribution in [3.05, 3.63) is 53.6 Å². The highest BCUT2D eigenvalue weighted by Gasteiger charge is 2.10. The molecule has 1 N–H and O–H groups in total. The molecule has 0 aliphatic heterocycles. The Labute approximate surface area is 126 Å². The molecule has 0 radical (unpaired) electrons. The molecule has 1 nitrogen and oxygen atoms in total. The Bertz CT molecular complexity index is 570. The summed E-state index contributed by atoms with van der Waals surface area (Å²) in [6, 6.07) is 14.2. The van der Waals surface area contributed by atoms with Gasteiger partial charge in [-0.2, -0.15) is 0 Å². The monoisotopic (exact) mass is 286 g/mol. The van der Waals surface area contributed by atoms with Crippen LogP contribution in [-0.2, 0) is 0 Å². The van der Waals surface area contributed by atoms with Gasteiger partial charge in [-0.05, 0) is 53.3 Å². The van der Waals surface area contributed by atoms with Gasteiger partial charge >= 0.3 is 0 Å². The second kappa shape index (κ2) is 6.36. The highest BCUT2D eigenvalue weighted by atomic mass is 32.2. The Morgan fingerprint density at radius 2 is 1.50 bits per heavy atom. The number of hydrogen-bond donors (Lipinski definition) is 1.